The van der Waals surface area contributed by atoms with Gasteiger partial charge in [-0.05, 0) is 48.0 Å². The number of carbonyl (C=O) groups excluding carboxylic acids is 1. The molecule has 2 aromatic heterocycles. The molecule has 0 aliphatic carbocycles. The molecule has 0 aliphatic heterocycles. The van der Waals surface area contributed by atoms with E-state index in [0.29, 0.717) is 0 Å². The van der Waals surface area contributed by atoms with Crippen molar-refractivity contribution in [2.24, 2.45) is 0 Å². The van der Waals surface area contributed by atoms with Gasteiger partial charge in [0.2, 0.25) is 0 Å². The van der Waals surface area contributed by atoms with Crippen LogP contribution in [0.25, 0.3) is 12.2 Å². The standard InChI is InChI=1S/C19H17NOS3/c1-20(2)15-6-3-14(4-7-15)5-8-16-9-11-18(22-16)24-19-12-10-17(13-21)23-19/h3-13H,1-2H3/b8-5+. The van der Waals surface area contributed by atoms with Gasteiger partial charge in [-0.25, -0.2) is 0 Å². The molecule has 3 aromatic rings. The lowest BCUT2D eigenvalue weighted by Crippen LogP contribution is -2.07. The highest BCUT2D eigenvalue weighted by Gasteiger charge is 2.04. The molecule has 0 unspecified atom stereocenters. The van der Waals surface area contributed by atoms with Crippen molar-refractivity contribution in [2.75, 3.05) is 19.0 Å². The Balaban J connectivity index is 1.65. The number of hydrogen-bond donors (Lipinski definition) is 0. The maximum absolute atomic E-state index is 10.7. The van der Waals surface area contributed by atoms with E-state index < -0.39 is 0 Å². The molecule has 0 aliphatic rings. The minimum atomic E-state index is 0.773. The number of rotatable bonds is 6. The fraction of sp³-hybridized carbons (Fsp3) is 0.105. The van der Waals surface area contributed by atoms with Crippen molar-refractivity contribution in [3.63, 3.8) is 0 Å². The van der Waals surface area contributed by atoms with Gasteiger partial charge in [-0.1, -0.05) is 30.0 Å². The zero-order valence-corrected chi connectivity index (χ0v) is 15.9. The molecule has 0 spiro atoms. The summed E-state index contributed by atoms with van der Waals surface area (Å²) in [7, 11) is 4.09. The quantitative estimate of drug-likeness (QED) is 0.495. The van der Waals surface area contributed by atoms with Crippen molar-refractivity contribution in [1.29, 1.82) is 0 Å². The fourth-order valence-corrected chi connectivity index (χ4v) is 5.36. The van der Waals surface area contributed by atoms with Gasteiger partial charge in [-0.2, -0.15) is 0 Å². The molecule has 0 amide bonds. The topological polar surface area (TPSA) is 20.3 Å². The molecule has 3 rings (SSSR count). The molecule has 0 atom stereocenters. The first-order valence-electron chi connectivity index (χ1n) is 7.42. The average Bonchev–Trinajstić information content (AvgIpc) is 3.23. The van der Waals surface area contributed by atoms with Crippen LogP contribution in [0.15, 0.2) is 56.9 Å². The van der Waals surface area contributed by atoms with E-state index in [1.165, 1.54) is 31.7 Å². The number of hydrogen-bond acceptors (Lipinski definition) is 5. The van der Waals surface area contributed by atoms with Crippen LogP contribution in [0.1, 0.15) is 20.1 Å². The Labute approximate surface area is 154 Å². The van der Waals surface area contributed by atoms with Gasteiger partial charge in [0.25, 0.3) is 0 Å². The van der Waals surface area contributed by atoms with E-state index in [0.717, 1.165) is 15.4 Å². The van der Waals surface area contributed by atoms with Gasteiger partial charge in [0, 0.05) is 24.7 Å². The van der Waals surface area contributed by atoms with Gasteiger partial charge in [0.15, 0.2) is 6.29 Å². The Kier molecular flexibility index (Phi) is 5.56. The van der Waals surface area contributed by atoms with E-state index in [2.05, 4.69) is 53.5 Å². The number of aldehydes is 1. The lowest BCUT2D eigenvalue weighted by Gasteiger charge is -2.11. The summed E-state index contributed by atoms with van der Waals surface area (Å²) >= 11 is 5.00. The number of benzene rings is 1. The van der Waals surface area contributed by atoms with Gasteiger partial charge in [-0.15, -0.1) is 22.7 Å². The highest BCUT2D eigenvalue weighted by Crippen LogP contribution is 2.37. The van der Waals surface area contributed by atoms with E-state index in [1.54, 1.807) is 23.1 Å². The predicted molar refractivity (Wildman–Crippen MR) is 108 cm³/mol. The third-order valence-electron chi connectivity index (χ3n) is 3.37. The van der Waals surface area contributed by atoms with Crippen molar-refractivity contribution < 1.29 is 4.79 Å². The monoisotopic (exact) mass is 371 g/mol. The van der Waals surface area contributed by atoms with Crippen molar-refractivity contribution in [3.05, 3.63) is 63.8 Å². The molecule has 5 heteroatoms. The molecule has 2 heterocycles. The number of anilines is 1. The zero-order chi connectivity index (χ0) is 16.9. The van der Waals surface area contributed by atoms with Crippen LogP contribution in [0.5, 0.6) is 0 Å². The summed E-state index contributed by atoms with van der Waals surface area (Å²) in [6.45, 7) is 0. The third kappa shape index (κ3) is 4.38. The molecule has 0 N–H and O–H groups in total. The minimum Gasteiger partial charge on any atom is -0.378 e. The zero-order valence-electron chi connectivity index (χ0n) is 13.4. The highest BCUT2D eigenvalue weighted by atomic mass is 32.2. The second kappa shape index (κ2) is 7.83. The molecule has 24 heavy (non-hydrogen) atoms. The van der Waals surface area contributed by atoms with Gasteiger partial charge >= 0.3 is 0 Å². The summed E-state index contributed by atoms with van der Waals surface area (Å²) in [4.78, 5) is 14.8. The Bertz CT molecular complexity index is 844. The van der Waals surface area contributed by atoms with Gasteiger partial charge in [-0.3, -0.25) is 4.79 Å². The number of nitrogens with zero attached hydrogens (tertiary/aromatic N) is 1. The summed E-state index contributed by atoms with van der Waals surface area (Å²) in [5.74, 6) is 0. The summed E-state index contributed by atoms with van der Waals surface area (Å²) in [5.41, 5.74) is 2.39. The van der Waals surface area contributed by atoms with Crippen molar-refractivity contribution in [1.82, 2.24) is 0 Å². The molecule has 0 saturated heterocycles. The third-order valence-corrected chi connectivity index (χ3v) is 6.70. The number of thiophene rings is 2. The number of carbonyl (C=O) groups is 1. The summed E-state index contributed by atoms with van der Waals surface area (Å²) in [5, 5.41) is 0. The fourth-order valence-electron chi connectivity index (χ4n) is 2.09. The first-order valence-corrected chi connectivity index (χ1v) is 9.87. The summed E-state index contributed by atoms with van der Waals surface area (Å²) in [6.07, 6.45) is 5.18. The van der Waals surface area contributed by atoms with Crippen molar-refractivity contribution in [3.8, 4) is 0 Å². The van der Waals surface area contributed by atoms with Crippen molar-refractivity contribution in [2.45, 2.75) is 8.42 Å². The molecule has 0 fully saturated rings. The van der Waals surface area contributed by atoms with Crippen LogP contribution in [0, 0.1) is 0 Å². The first-order chi connectivity index (χ1) is 11.6. The van der Waals surface area contributed by atoms with Crippen LogP contribution in [-0.2, 0) is 0 Å². The first kappa shape index (κ1) is 17.0. The molecule has 0 bridgehead atoms. The predicted octanol–water partition coefficient (Wildman–Crippen LogP) is 6.01. The molecule has 2 nitrogen and oxygen atoms in total. The lowest BCUT2D eigenvalue weighted by atomic mass is 10.2. The molecular weight excluding hydrogens is 354 g/mol. The van der Waals surface area contributed by atoms with E-state index in [1.807, 2.05) is 26.2 Å². The van der Waals surface area contributed by atoms with Gasteiger partial charge in [0.1, 0.15) is 0 Å². The van der Waals surface area contributed by atoms with Crippen LogP contribution in [0.3, 0.4) is 0 Å². The maximum Gasteiger partial charge on any atom is 0.160 e. The van der Waals surface area contributed by atoms with Crippen LogP contribution in [0.2, 0.25) is 0 Å². The Morgan fingerprint density at radius 2 is 1.46 bits per heavy atom. The Hall–Kier alpha value is -1.82. The maximum atomic E-state index is 10.7. The Morgan fingerprint density at radius 1 is 0.833 bits per heavy atom. The second-order valence-corrected chi connectivity index (χ2v) is 9.18. The van der Waals surface area contributed by atoms with Gasteiger partial charge < -0.3 is 4.90 Å². The van der Waals surface area contributed by atoms with Crippen LogP contribution in [-0.4, -0.2) is 20.4 Å². The highest BCUT2D eigenvalue weighted by molar-refractivity contribution is 8.02. The molecule has 1 aromatic carbocycles. The van der Waals surface area contributed by atoms with Gasteiger partial charge in [0.05, 0.1) is 13.3 Å². The summed E-state index contributed by atoms with van der Waals surface area (Å²) in [6, 6.07) is 16.6. The molecule has 0 radical (unpaired) electrons. The SMILES string of the molecule is CN(C)c1ccc(/C=C/c2ccc(Sc3ccc(C=O)s3)s2)cc1. The molecule has 122 valence electrons. The molecule has 0 saturated carbocycles. The molecular formula is C19H17NOS3. The lowest BCUT2D eigenvalue weighted by molar-refractivity contribution is 0.112. The van der Waals surface area contributed by atoms with E-state index >= 15 is 0 Å². The van der Waals surface area contributed by atoms with Crippen LogP contribution < -0.4 is 4.90 Å². The van der Waals surface area contributed by atoms with Crippen molar-refractivity contribution >= 4 is 58.6 Å². The van der Waals surface area contributed by atoms with Crippen LogP contribution >= 0.6 is 34.4 Å². The second-order valence-electron chi connectivity index (χ2n) is 5.35. The van der Waals surface area contributed by atoms with E-state index in [4.69, 9.17) is 0 Å². The smallest absolute Gasteiger partial charge is 0.160 e. The van der Waals surface area contributed by atoms with E-state index in [9.17, 15) is 4.79 Å². The summed E-state index contributed by atoms with van der Waals surface area (Å²) < 4.78 is 2.38. The average molecular weight is 372 g/mol. The Morgan fingerprint density at radius 3 is 2.04 bits per heavy atom. The van der Waals surface area contributed by atoms with E-state index in [-0.39, 0.29) is 0 Å². The van der Waals surface area contributed by atoms with Crippen LogP contribution in [0.4, 0.5) is 5.69 Å². The largest absolute Gasteiger partial charge is 0.378 e. The minimum absolute atomic E-state index is 0.773. The normalized spacial score (nSPS) is 11.1.